The zero-order valence-electron chi connectivity index (χ0n) is 18.7. The molecule has 3 heterocycles. The summed E-state index contributed by atoms with van der Waals surface area (Å²) < 4.78 is 22.6. The fourth-order valence-electron chi connectivity index (χ4n) is 4.16. The Bertz CT molecular complexity index is 900. The smallest absolute Gasteiger partial charge is 0.231 e. The van der Waals surface area contributed by atoms with Crippen LogP contribution in [0.15, 0.2) is 42.5 Å². The lowest BCUT2D eigenvalue weighted by Crippen LogP contribution is -2.59. The van der Waals surface area contributed by atoms with Crippen molar-refractivity contribution < 1.29 is 39.4 Å². The largest absolute Gasteiger partial charge is 0.458 e. The predicted molar refractivity (Wildman–Crippen MR) is 119 cm³/mol. The van der Waals surface area contributed by atoms with Crippen molar-refractivity contribution in [1.29, 1.82) is 0 Å². The summed E-state index contributed by atoms with van der Waals surface area (Å²) in [4.78, 5) is 0. The molecule has 6 atom stereocenters. The first kappa shape index (κ1) is 23.9. The molecule has 0 spiro atoms. The summed E-state index contributed by atoms with van der Waals surface area (Å²) in [5.41, 5.74) is 2.17. The molecule has 0 aliphatic carbocycles. The fraction of sp³-hybridized carbons (Fsp3) is 0.520. The van der Waals surface area contributed by atoms with Crippen LogP contribution in [0.4, 0.5) is 0 Å². The first-order valence-corrected chi connectivity index (χ1v) is 11.4. The lowest BCUT2D eigenvalue weighted by Gasteiger charge is -2.39. The van der Waals surface area contributed by atoms with E-state index in [0.29, 0.717) is 17.2 Å². The molecular formula is C25H32O8. The van der Waals surface area contributed by atoms with Gasteiger partial charge in [-0.3, -0.25) is 0 Å². The van der Waals surface area contributed by atoms with Crippen molar-refractivity contribution in [2.45, 2.75) is 75.5 Å². The summed E-state index contributed by atoms with van der Waals surface area (Å²) in [5.74, 6) is 1.39. The van der Waals surface area contributed by atoms with Gasteiger partial charge in [0.1, 0.15) is 24.1 Å². The molecule has 1 fully saturated rings. The molecule has 0 aromatic heterocycles. The molecule has 33 heavy (non-hydrogen) atoms. The molecule has 3 aliphatic heterocycles. The van der Waals surface area contributed by atoms with E-state index in [1.807, 2.05) is 36.4 Å². The first-order chi connectivity index (χ1) is 15.9. The van der Waals surface area contributed by atoms with Crippen LogP contribution in [0.5, 0.6) is 17.2 Å². The van der Waals surface area contributed by atoms with Gasteiger partial charge in [-0.05, 0) is 67.5 Å². The molecular weight excluding hydrogens is 428 g/mol. The van der Waals surface area contributed by atoms with Crippen LogP contribution >= 0.6 is 0 Å². The Morgan fingerprint density at radius 3 is 2.27 bits per heavy atom. The summed E-state index contributed by atoms with van der Waals surface area (Å²) >= 11 is 0. The van der Waals surface area contributed by atoms with Crippen molar-refractivity contribution >= 4 is 0 Å². The number of ether oxygens (including phenoxy) is 4. The van der Waals surface area contributed by atoms with Crippen molar-refractivity contribution in [3.8, 4) is 17.2 Å². The van der Waals surface area contributed by atoms with Crippen LogP contribution in [-0.2, 0) is 22.3 Å². The van der Waals surface area contributed by atoms with E-state index in [-0.39, 0.29) is 6.10 Å². The minimum absolute atomic E-state index is 0.302. The molecule has 3 aliphatic rings. The molecule has 2 aromatic rings. The van der Waals surface area contributed by atoms with E-state index in [0.717, 1.165) is 49.7 Å². The number of hydrogen-bond acceptors (Lipinski definition) is 8. The van der Waals surface area contributed by atoms with Gasteiger partial charge in [-0.2, -0.15) is 0 Å². The Labute approximate surface area is 193 Å². The molecule has 8 nitrogen and oxygen atoms in total. The second-order valence-electron chi connectivity index (χ2n) is 8.66. The van der Waals surface area contributed by atoms with E-state index < -0.39 is 30.9 Å². The van der Waals surface area contributed by atoms with Gasteiger partial charge < -0.3 is 39.4 Å². The molecule has 0 radical (unpaired) electrons. The van der Waals surface area contributed by atoms with Gasteiger partial charge in [-0.1, -0.05) is 24.6 Å². The number of rotatable bonds is 3. The minimum atomic E-state index is -1.49. The van der Waals surface area contributed by atoms with Crippen molar-refractivity contribution in [3.05, 3.63) is 53.6 Å². The normalized spacial score (nSPS) is 30.7. The topological polar surface area (TPSA) is 118 Å². The van der Waals surface area contributed by atoms with Crippen LogP contribution in [0.2, 0.25) is 0 Å². The highest BCUT2D eigenvalue weighted by Gasteiger charge is 2.45. The predicted octanol–water partition coefficient (Wildman–Crippen LogP) is 2.29. The summed E-state index contributed by atoms with van der Waals surface area (Å²) in [6, 6.07) is 13.2. The van der Waals surface area contributed by atoms with Crippen molar-refractivity contribution in [2.75, 3.05) is 7.11 Å². The van der Waals surface area contributed by atoms with Crippen molar-refractivity contribution in [2.24, 2.45) is 0 Å². The van der Waals surface area contributed by atoms with Crippen LogP contribution < -0.4 is 9.47 Å². The molecule has 0 saturated carbocycles. The third kappa shape index (κ3) is 5.84. The maximum absolute atomic E-state index is 10.4. The van der Waals surface area contributed by atoms with Gasteiger partial charge in [-0.15, -0.1) is 0 Å². The highest BCUT2D eigenvalue weighted by molar-refractivity contribution is 5.46. The van der Waals surface area contributed by atoms with E-state index in [4.69, 9.17) is 18.9 Å². The van der Waals surface area contributed by atoms with Crippen LogP contribution in [0, 0.1) is 0 Å². The lowest BCUT2D eigenvalue weighted by atomic mass is 10.0. The van der Waals surface area contributed by atoms with E-state index >= 15 is 0 Å². The molecule has 1 saturated heterocycles. The maximum atomic E-state index is 10.4. The van der Waals surface area contributed by atoms with Gasteiger partial charge in [0.2, 0.25) is 6.29 Å². The van der Waals surface area contributed by atoms with Gasteiger partial charge in [-0.25, -0.2) is 0 Å². The van der Waals surface area contributed by atoms with Gasteiger partial charge in [0.15, 0.2) is 17.8 Å². The number of benzene rings is 2. The fourth-order valence-corrected chi connectivity index (χ4v) is 4.16. The summed E-state index contributed by atoms with van der Waals surface area (Å²) in [7, 11) is 1.33. The highest BCUT2D eigenvalue weighted by atomic mass is 16.8. The zero-order valence-corrected chi connectivity index (χ0v) is 18.7. The van der Waals surface area contributed by atoms with Gasteiger partial charge >= 0.3 is 0 Å². The van der Waals surface area contributed by atoms with Crippen molar-refractivity contribution in [3.63, 3.8) is 0 Å². The van der Waals surface area contributed by atoms with E-state index in [1.54, 1.807) is 6.07 Å². The first-order valence-electron chi connectivity index (χ1n) is 11.4. The third-order valence-electron chi connectivity index (χ3n) is 6.18. The average Bonchev–Trinajstić information content (AvgIpc) is 2.83. The van der Waals surface area contributed by atoms with Gasteiger partial charge in [0.05, 0.1) is 6.10 Å². The Morgan fingerprint density at radius 1 is 0.788 bits per heavy atom. The number of aryl methyl sites for hydroxylation is 2. The zero-order chi connectivity index (χ0) is 23.4. The van der Waals surface area contributed by atoms with E-state index in [2.05, 4.69) is 0 Å². The van der Waals surface area contributed by atoms with E-state index in [9.17, 15) is 20.4 Å². The molecule has 180 valence electrons. The van der Waals surface area contributed by atoms with E-state index in [1.165, 1.54) is 7.11 Å². The average molecular weight is 461 g/mol. The Kier molecular flexibility index (Phi) is 7.85. The maximum Gasteiger partial charge on any atom is 0.231 e. The van der Waals surface area contributed by atoms with Gasteiger partial charge in [0.25, 0.3) is 0 Å². The molecule has 0 amide bonds. The second kappa shape index (κ2) is 10.8. The van der Waals surface area contributed by atoms with Gasteiger partial charge in [0, 0.05) is 7.11 Å². The molecule has 4 bridgehead atoms. The second-order valence-corrected chi connectivity index (χ2v) is 8.66. The monoisotopic (exact) mass is 460 g/mol. The summed E-state index contributed by atoms with van der Waals surface area (Å²) in [6.07, 6.45) is -2.09. The summed E-state index contributed by atoms with van der Waals surface area (Å²) in [5, 5.41) is 40.7. The molecule has 3 unspecified atom stereocenters. The highest BCUT2D eigenvalue weighted by Crippen LogP contribution is 2.36. The molecule has 2 aromatic carbocycles. The van der Waals surface area contributed by atoms with Crippen LogP contribution in [0.1, 0.15) is 36.8 Å². The molecule has 5 rings (SSSR count). The quantitative estimate of drug-likeness (QED) is 0.551. The standard InChI is InChI=1S/C25H32O8/c1-30-24-22(28)21(27)23(29)25(33-24)32-19-13-9-16-4-2-3-5-17(26)10-6-15-7-11-18(12-8-15)31-20(19)14-16/h7-9,11-14,17,21-29H,2-6,10H2,1H3/t17-,21?,22-,23?,24?,25-/m1/s1. The Hall–Kier alpha value is -2.20. The van der Waals surface area contributed by atoms with Crippen LogP contribution in [0.3, 0.4) is 0 Å². The van der Waals surface area contributed by atoms with Crippen LogP contribution in [-0.4, -0.2) is 64.5 Å². The number of aliphatic hydroxyl groups is 4. The number of hydrogen-bond donors (Lipinski definition) is 4. The Balaban J connectivity index is 1.59. The SMILES string of the molecule is COC1O[C@@H](Oc2ccc3cc2Oc2ccc(cc2)CC[C@H](O)CCCC3)C(O)C(O)[C@H]1O. The Morgan fingerprint density at radius 2 is 1.52 bits per heavy atom. The lowest BCUT2D eigenvalue weighted by molar-refractivity contribution is -0.327. The molecule has 8 heteroatoms. The van der Waals surface area contributed by atoms with Crippen LogP contribution in [0.25, 0.3) is 0 Å². The number of methoxy groups -OCH3 is 1. The summed E-state index contributed by atoms with van der Waals surface area (Å²) in [6.45, 7) is 0. The third-order valence-corrected chi connectivity index (χ3v) is 6.18. The van der Waals surface area contributed by atoms with Crippen molar-refractivity contribution in [1.82, 2.24) is 0 Å². The minimum Gasteiger partial charge on any atom is -0.458 e. The number of fused-ring (bicyclic) bond motifs is 8. The number of aliphatic hydroxyl groups excluding tert-OH is 4. The molecule has 4 N–H and O–H groups in total.